The molecule has 0 saturated carbocycles. The van der Waals surface area contributed by atoms with E-state index in [1.165, 1.54) is 4.90 Å². The SMILES string of the molecule is O=C(O)[C@H]1COCCN1C(=O)c1cccc2c1OCCO2. The van der Waals surface area contributed by atoms with Crippen molar-refractivity contribution in [3.63, 3.8) is 0 Å². The first kappa shape index (κ1) is 13.7. The van der Waals surface area contributed by atoms with Gasteiger partial charge in [0.25, 0.3) is 5.91 Å². The van der Waals surface area contributed by atoms with Crippen LogP contribution in [0.15, 0.2) is 18.2 Å². The predicted octanol–water partition coefficient (Wildman–Crippen LogP) is 0.383. The van der Waals surface area contributed by atoms with Gasteiger partial charge < -0.3 is 24.2 Å². The van der Waals surface area contributed by atoms with Crippen molar-refractivity contribution in [3.8, 4) is 11.5 Å². The van der Waals surface area contributed by atoms with Crippen molar-refractivity contribution in [2.24, 2.45) is 0 Å². The highest BCUT2D eigenvalue weighted by Crippen LogP contribution is 2.34. The summed E-state index contributed by atoms with van der Waals surface area (Å²) in [6.45, 7) is 1.35. The van der Waals surface area contributed by atoms with Gasteiger partial charge in [-0.1, -0.05) is 6.07 Å². The van der Waals surface area contributed by atoms with Gasteiger partial charge in [-0.05, 0) is 12.1 Å². The molecule has 1 aromatic rings. The Kier molecular flexibility index (Phi) is 3.66. The number of carbonyl (C=O) groups excluding carboxylic acids is 1. The largest absolute Gasteiger partial charge is 0.486 e. The van der Waals surface area contributed by atoms with Gasteiger partial charge in [0.05, 0.1) is 18.8 Å². The molecule has 2 aliphatic rings. The molecule has 7 nitrogen and oxygen atoms in total. The standard InChI is InChI=1S/C14H15NO6/c16-13(15-4-5-19-8-10(15)14(17)18)9-2-1-3-11-12(9)21-7-6-20-11/h1-3,10H,4-8H2,(H,17,18)/t10-/m1/s1. The molecule has 0 radical (unpaired) electrons. The second-order valence-electron chi connectivity index (χ2n) is 4.76. The number of carboxylic acids is 1. The Morgan fingerprint density at radius 1 is 1.19 bits per heavy atom. The summed E-state index contributed by atoms with van der Waals surface area (Å²) in [7, 11) is 0. The van der Waals surface area contributed by atoms with Crippen LogP contribution in [0.2, 0.25) is 0 Å². The third-order valence-corrected chi connectivity index (χ3v) is 3.47. The van der Waals surface area contributed by atoms with E-state index in [1.807, 2.05) is 0 Å². The number of carbonyl (C=O) groups is 2. The normalized spacial score (nSPS) is 21.0. The van der Waals surface area contributed by atoms with Crippen molar-refractivity contribution in [1.29, 1.82) is 0 Å². The monoisotopic (exact) mass is 293 g/mol. The Bertz CT molecular complexity index is 573. The molecule has 2 aliphatic heterocycles. The summed E-state index contributed by atoms with van der Waals surface area (Å²) in [5, 5.41) is 9.21. The highest BCUT2D eigenvalue weighted by atomic mass is 16.6. The van der Waals surface area contributed by atoms with Crippen molar-refractivity contribution in [2.75, 3.05) is 33.0 Å². The highest BCUT2D eigenvalue weighted by molar-refractivity contribution is 5.99. The summed E-state index contributed by atoms with van der Waals surface area (Å²) in [5.74, 6) is -0.574. The average molecular weight is 293 g/mol. The number of hydrogen-bond donors (Lipinski definition) is 1. The Labute approximate surface area is 121 Å². The molecule has 0 aromatic heterocycles. The lowest BCUT2D eigenvalue weighted by Gasteiger charge is -2.33. The minimum atomic E-state index is -1.08. The van der Waals surface area contributed by atoms with Crippen molar-refractivity contribution in [2.45, 2.75) is 6.04 Å². The van der Waals surface area contributed by atoms with E-state index in [2.05, 4.69) is 0 Å². The molecular formula is C14H15NO6. The molecular weight excluding hydrogens is 278 g/mol. The summed E-state index contributed by atoms with van der Waals surface area (Å²) >= 11 is 0. The van der Waals surface area contributed by atoms with E-state index >= 15 is 0 Å². The maximum atomic E-state index is 12.7. The maximum absolute atomic E-state index is 12.7. The fourth-order valence-electron chi connectivity index (χ4n) is 2.45. The number of nitrogens with zero attached hydrogens (tertiary/aromatic N) is 1. The van der Waals surface area contributed by atoms with Gasteiger partial charge in [0.2, 0.25) is 0 Å². The number of carboxylic acid groups (broad SMARTS) is 1. The van der Waals surface area contributed by atoms with Gasteiger partial charge in [0.1, 0.15) is 13.2 Å². The van der Waals surface area contributed by atoms with Crippen molar-refractivity contribution < 1.29 is 28.9 Å². The summed E-state index contributed by atoms with van der Waals surface area (Å²) in [6.07, 6.45) is 0. The molecule has 0 bridgehead atoms. The van der Waals surface area contributed by atoms with Crippen LogP contribution in [-0.2, 0) is 9.53 Å². The first-order chi connectivity index (χ1) is 10.2. The van der Waals surface area contributed by atoms with E-state index in [0.29, 0.717) is 36.9 Å². The first-order valence-corrected chi connectivity index (χ1v) is 6.68. The smallest absolute Gasteiger partial charge is 0.328 e. The van der Waals surface area contributed by atoms with E-state index in [0.717, 1.165) is 0 Å². The van der Waals surface area contributed by atoms with E-state index in [-0.39, 0.29) is 19.1 Å². The summed E-state index contributed by atoms with van der Waals surface area (Å²) in [4.78, 5) is 25.2. The Balaban J connectivity index is 1.92. The number of amides is 1. The van der Waals surface area contributed by atoms with Crippen LogP contribution in [0.3, 0.4) is 0 Å². The second-order valence-corrected chi connectivity index (χ2v) is 4.76. The summed E-state index contributed by atoms with van der Waals surface area (Å²) < 4.78 is 16.1. The van der Waals surface area contributed by atoms with E-state index in [9.17, 15) is 14.7 Å². The van der Waals surface area contributed by atoms with Crippen LogP contribution in [0.1, 0.15) is 10.4 Å². The lowest BCUT2D eigenvalue weighted by molar-refractivity contribution is -0.147. The van der Waals surface area contributed by atoms with Gasteiger partial charge in [-0.15, -0.1) is 0 Å². The van der Waals surface area contributed by atoms with Crippen molar-refractivity contribution in [3.05, 3.63) is 23.8 Å². The number of morpholine rings is 1. The topological polar surface area (TPSA) is 85.3 Å². The fraction of sp³-hybridized carbons (Fsp3) is 0.429. The number of para-hydroxylation sites is 1. The van der Waals surface area contributed by atoms with Gasteiger partial charge in [0, 0.05) is 6.54 Å². The minimum absolute atomic E-state index is 0.00649. The molecule has 21 heavy (non-hydrogen) atoms. The molecule has 0 unspecified atom stereocenters. The van der Waals surface area contributed by atoms with Crippen LogP contribution in [0, 0.1) is 0 Å². The molecule has 1 saturated heterocycles. The Hall–Kier alpha value is -2.28. The lowest BCUT2D eigenvalue weighted by Crippen LogP contribution is -2.52. The molecule has 7 heteroatoms. The maximum Gasteiger partial charge on any atom is 0.328 e. The molecule has 0 aliphatic carbocycles. The molecule has 112 valence electrons. The Morgan fingerprint density at radius 2 is 2.00 bits per heavy atom. The number of aliphatic carboxylic acids is 1. The molecule has 1 atom stereocenters. The second kappa shape index (κ2) is 5.61. The van der Waals surface area contributed by atoms with Crippen LogP contribution in [0.5, 0.6) is 11.5 Å². The fourth-order valence-corrected chi connectivity index (χ4v) is 2.45. The zero-order valence-electron chi connectivity index (χ0n) is 11.3. The quantitative estimate of drug-likeness (QED) is 0.848. The molecule has 1 fully saturated rings. The summed E-state index contributed by atoms with van der Waals surface area (Å²) in [6, 6.07) is 4.05. The summed E-state index contributed by atoms with van der Waals surface area (Å²) in [5.41, 5.74) is 0.320. The van der Waals surface area contributed by atoms with Gasteiger partial charge in [0.15, 0.2) is 17.5 Å². The lowest BCUT2D eigenvalue weighted by atomic mass is 10.1. The van der Waals surface area contributed by atoms with Gasteiger partial charge in [-0.2, -0.15) is 0 Å². The number of ether oxygens (including phenoxy) is 3. The molecule has 3 rings (SSSR count). The van der Waals surface area contributed by atoms with Gasteiger partial charge in [-0.25, -0.2) is 4.79 Å². The van der Waals surface area contributed by atoms with Gasteiger partial charge in [-0.3, -0.25) is 4.79 Å². The minimum Gasteiger partial charge on any atom is -0.486 e. The third-order valence-electron chi connectivity index (χ3n) is 3.47. The predicted molar refractivity (Wildman–Crippen MR) is 70.7 cm³/mol. The van der Waals surface area contributed by atoms with E-state index < -0.39 is 12.0 Å². The molecule has 1 amide bonds. The number of fused-ring (bicyclic) bond motifs is 1. The number of hydrogen-bond acceptors (Lipinski definition) is 5. The van der Waals surface area contributed by atoms with E-state index in [1.54, 1.807) is 18.2 Å². The van der Waals surface area contributed by atoms with Crippen LogP contribution in [0.4, 0.5) is 0 Å². The highest BCUT2D eigenvalue weighted by Gasteiger charge is 2.35. The number of rotatable bonds is 2. The van der Waals surface area contributed by atoms with Gasteiger partial charge >= 0.3 is 5.97 Å². The number of benzene rings is 1. The first-order valence-electron chi connectivity index (χ1n) is 6.68. The molecule has 1 N–H and O–H groups in total. The van der Waals surface area contributed by atoms with Crippen molar-refractivity contribution >= 4 is 11.9 Å². The van der Waals surface area contributed by atoms with Crippen molar-refractivity contribution in [1.82, 2.24) is 4.90 Å². The van der Waals surface area contributed by atoms with Crippen LogP contribution < -0.4 is 9.47 Å². The molecule has 1 aromatic carbocycles. The van der Waals surface area contributed by atoms with Crippen LogP contribution >= 0.6 is 0 Å². The molecule has 0 spiro atoms. The Morgan fingerprint density at radius 3 is 2.81 bits per heavy atom. The zero-order valence-corrected chi connectivity index (χ0v) is 11.3. The zero-order chi connectivity index (χ0) is 14.8. The third kappa shape index (κ3) is 2.52. The van der Waals surface area contributed by atoms with E-state index in [4.69, 9.17) is 14.2 Å². The van der Waals surface area contributed by atoms with Crippen LogP contribution in [0.25, 0.3) is 0 Å². The average Bonchev–Trinajstić information content (AvgIpc) is 2.53. The molecule has 2 heterocycles. The van der Waals surface area contributed by atoms with Crippen LogP contribution in [-0.4, -0.2) is 60.9 Å².